The molecule has 1 fully saturated rings. The molecule has 24 heavy (non-hydrogen) atoms. The normalized spacial score (nSPS) is 30.4. The van der Waals surface area contributed by atoms with E-state index in [9.17, 15) is 10.2 Å². The van der Waals surface area contributed by atoms with Gasteiger partial charge < -0.3 is 24.4 Å². The maximum Gasteiger partial charge on any atom is 0.226 e. The molecule has 2 aliphatic rings. The zero-order valence-electron chi connectivity index (χ0n) is 13.5. The molecule has 6 nitrogen and oxygen atoms in total. The number of benzene rings is 1. The van der Waals surface area contributed by atoms with Gasteiger partial charge >= 0.3 is 0 Å². The van der Waals surface area contributed by atoms with Crippen molar-refractivity contribution in [2.24, 2.45) is 0 Å². The molecule has 1 aromatic heterocycles. The van der Waals surface area contributed by atoms with Crippen LogP contribution in [0.5, 0.6) is 17.5 Å². The van der Waals surface area contributed by atoms with Crippen molar-refractivity contribution >= 4 is 0 Å². The second-order valence-corrected chi connectivity index (χ2v) is 6.18. The zero-order valence-corrected chi connectivity index (χ0v) is 13.5. The number of fused-ring (bicyclic) bond motifs is 3. The Labute approximate surface area is 139 Å². The second-order valence-electron chi connectivity index (χ2n) is 6.18. The molecule has 126 valence electrons. The number of rotatable bonds is 3. The lowest BCUT2D eigenvalue weighted by atomic mass is 9.88. The number of ether oxygens (including phenoxy) is 3. The fraction of sp³-hybridized carbons (Fsp3) is 0.389. The van der Waals surface area contributed by atoms with Gasteiger partial charge in [-0.05, 0) is 12.0 Å². The van der Waals surface area contributed by atoms with E-state index in [1.807, 2.05) is 30.3 Å². The van der Waals surface area contributed by atoms with E-state index in [0.717, 1.165) is 5.56 Å². The first-order valence-corrected chi connectivity index (χ1v) is 7.85. The quantitative estimate of drug-likeness (QED) is 0.890. The van der Waals surface area contributed by atoms with Crippen LogP contribution in [0.1, 0.15) is 23.5 Å². The van der Waals surface area contributed by atoms with E-state index in [-0.39, 0.29) is 11.8 Å². The molecule has 1 aromatic carbocycles. The number of aromatic nitrogens is 1. The van der Waals surface area contributed by atoms with Crippen LogP contribution >= 0.6 is 0 Å². The molecule has 1 saturated carbocycles. The summed E-state index contributed by atoms with van der Waals surface area (Å²) in [5.74, 6) is 0.849. The lowest BCUT2D eigenvalue weighted by Gasteiger charge is -2.27. The van der Waals surface area contributed by atoms with Gasteiger partial charge in [-0.1, -0.05) is 30.3 Å². The van der Waals surface area contributed by atoms with Crippen LogP contribution in [0.2, 0.25) is 0 Å². The number of hydrogen-bond acceptors (Lipinski definition) is 6. The van der Waals surface area contributed by atoms with Gasteiger partial charge in [-0.2, -0.15) is 4.98 Å². The number of pyridine rings is 1. The van der Waals surface area contributed by atoms with Gasteiger partial charge in [0.05, 0.1) is 25.9 Å². The molecule has 2 N–H and O–H groups in total. The van der Waals surface area contributed by atoms with E-state index in [4.69, 9.17) is 14.2 Å². The summed E-state index contributed by atoms with van der Waals surface area (Å²) >= 11 is 0. The summed E-state index contributed by atoms with van der Waals surface area (Å²) in [5.41, 5.74) is -0.147. The van der Waals surface area contributed by atoms with Crippen molar-refractivity contribution in [2.75, 3.05) is 14.2 Å². The minimum absolute atomic E-state index is 0.130. The van der Waals surface area contributed by atoms with E-state index in [2.05, 4.69) is 4.98 Å². The minimum atomic E-state index is -1.56. The first-order chi connectivity index (χ1) is 11.6. The monoisotopic (exact) mass is 329 g/mol. The van der Waals surface area contributed by atoms with Gasteiger partial charge in [0, 0.05) is 12.0 Å². The fourth-order valence-corrected chi connectivity index (χ4v) is 3.86. The molecule has 2 aromatic rings. The van der Waals surface area contributed by atoms with Crippen molar-refractivity contribution in [3.8, 4) is 17.5 Å². The van der Waals surface area contributed by atoms with Crippen molar-refractivity contribution in [3.63, 3.8) is 0 Å². The number of aliphatic hydroxyl groups is 2. The molecular formula is C18H19NO5. The summed E-state index contributed by atoms with van der Waals surface area (Å²) in [7, 11) is 2.97. The van der Waals surface area contributed by atoms with Crippen LogP contribution < -0.4 is 14.2 Å². The van der Waals surface area contributed by atoms with Crippen molar-refractivity contribution < 1.29 is 24.4 Å². The highest BCUT2D eigenvalue weighted by Gasteiger charge is 2.63. The van der Waals surface area contributed by atoms with Gasteiger partial charge in [0.2, 0.25) is 11.8 Å². The minimum Gasteiger partial charge on any atom is -0.485 e. The van der Waals surface area contributed by atoms with Crippen molar-refractivity contribution in [1.82, 2.24) is 4.98 Å². The van der Waals surface area contributed by atoms with E-state index in [1.54, 1.807) is 6.07 Å². The smallest absolute Gasteiger partial charge is 0.226 e. The predicted molar refractivity (Wildman–Crippen MR) is 85.5 cm³/mol. The van der Waals surface area contributed by atoms with Gasteiger partial charge in [-0.15, -0.1) is 0 Å². The number of hydrogen-bond donors (Lipinski definition) is 2. The van der Waals surface area contributed by atoms with Crippen LogP contribution in [-0.4, -0.2) is 41.6 Å². The van der Waals surface area contributed by atoms with Crippen molar-refractivity contribution in [1.29, 1.82) is 0 Å². The summed E-state index contributed by atoms with van der Waals surface area (Å²) < 4.78 is 16.5. The molecule has 0 bridgehead atoms. The van der Waals surface area contributed by atoms with Gasteiger partial charge in [0.15, 0.2) is 5.60 Å². The first-order valence-electron chi connectivity index (χ1n) is 7.85. The molecule has 4 atom stereocenters. The lowest BCUT2D eigenvalue weighted by Crippen LogP contribution is -2.42. The van der Waals surface area contributed by atoms with Gasteiger partial charge in [-0.3, -0.25) is 0 Å². The Bertz CT molecular complexity index is 766. The standard InChI is InChI=1S/C18H19NO5/c1-22-14-9-12-15(17(19-14)23-2)18(21)13(20)8-11(16(18)24-12)10-6-4-3-5-7-10/h3-7,9,11,13,16,20-21H,8H2,1-2H3. The van der Waals surface area contributed by atoms with E-state index in [1.165, 1.54) is 14.2 Å². The number of methoxy groups -OCH3 is 2. The fourth-order valence-electron chi connectivity index (χ4n) is 3.86. The maximum absolute atomic E-state index is 11.3. The lowest BCUT2D eigenvalue weighted by molar-refractivity contribution is -0.0921. The highest BCUT2D eigenvalue weighted by molar-refractivity contribution is 5.54. The van der Waals surface area contributed by atoms with Crippen LogP contribution in [0.3, 0.4) is 0 Å². The van der Waals surface area contributed by atoms with Crippen LogP contribution in [0.25, 0.3) is 0 Å². The first kappa shape index (κ1) is 15.2. The predicted octanol–water partition coefficient (Wildman–Crippen LogP) is 1.60. The third kappa shape index (κ3) is 1.93. The van der Waals surface area contributed by atoms with E-state index >= 15 is 0 Å². The molecular weight excluding hydrogens is 310 g/mol. The second kappa shape index (κ2) is 5.36. The molecule has 1 aliphatic carbocycles. The van der Waals surface area contributed by atoms with Gasteiger partial charge in [0.25, 0.3) is 0 Å². The third-order valence-electron chi connectivity index (χ3n) is 5.00. The molecule has 0 amide bonds. The van der Waals surface area contributed by atoms with Crippen LogP contribution in [0.4, 0.5) is 0 Å². The van der Waals surface area contributed by atoms with Crippen LogP contribution in [-0.2, 0) is 5.60 Å². The Morgan fingerprint density at radius 2 is 1.96 bits per heavy atom. The Hall–Kier alpha value is -2.31. The summed E-state index contributed by atoms with van der Waals surface area (Å²) in [6.45, 7) is 0. The van der Waals surface area contributed by atoms with Crippen LogP contribution in [0, 0.1) is 0 Å². The molecule has 4 unspecified atom stereocenters. The Morgan fingerprint density at radius 3 is 2.62 bits per heavy atom. The highest BCUT2D eigenvalue weighted by atomic mass is 16.5. The molecule has 0 spiro atoms. The van der Waals surface area contributed by atoms with E-state index in [0.29, 0.717) is 23.6 Å². The summed E-state index contributed by atoms with van der Waals surface area (Å²) in [5, 5.41) is 22.0. The molecule has 1 aliphatic heterocycles. The molecule has 0 saturated heterocycles. The number of nitrogens with zero attached hydrogens (tertiary/aromatic N) is 1. The summed E-state index contributed by atoms with van der Waals surface area (Å²) in [6.07, 6.45) is -1.18. The van der Waals surface area contributed by atoms with Gasteiger partial charge in [-0.25, -0.2) is 0 Å². The van der Waals surface area contributed by atoms with Crippen molar-refractivity contribution in [2.45, 2.75) is 30.1 Å². The Kier molecular flexibility index (Phi) is 3.40. The number of aliphatic hydroxyl groups excluding tert-OH is 1. The molecule has 2 heterocycles. The van der Waals surface area contributed by atoms with Crippen LogP contribution in [0.15, 0.2) is 36.4 Å². The third-order valence-corrected chi connectivity index (χ3v) is 5.00. The Balaban J connectivity index is 1.84. The summed E-state index contributed by atoms with van der Waals surface area (Å²) in [4.78, 5) is 4.22. The average molecular weight is 329 g/mol. The largest absolute Gasteiger partial charge is 0.485 e. The maximum atomic E-state index is 11.3. The Morgan fingerprint density at radius 1 is 1.21 bits per heavy atom. The average Bonchev–Trinajstić information content (AvgIpc) is 3.05. The zero-order chi connectivity index (χ0) is 16.9. The van der Waals surface area contributed by atoms with E-state index < -0.39 is 17.8 Å². The topological polar surface area (TPSA) is 81.0 Å². The SMILES string of the molecule is COc1cc2c(c(OC)n1)C1(O)C(O)CC(c3ccccc3)C1O2. The molecule has 6 heteroatoms. The van der Waals surface area contributed by atoms with Crippen molar-refractivity contribution in [3.05, 3.63) is 47.5 Å². The molecule has 0 radical (unpaired) electrons. The highest BCUT2D eigenvalue weighted by Crippen LogP contribution is 2.58. The summed E-state index contributed by atoms with van der Waals surface area (Å²) in [6, 6.07) is 11.4. The van der Waals surface area contributed by atoms with Gasteiger partial charge in [0.1, 0.15) is 11.9 Å². The molecule has 4 rings (SSSR count).